The second-order valence-corrected chi connectivity index (χ2v) is 4.60. The van der Waals surface area contributed by atoms with E-state index in [-0.39, 0.29) is 12.5 Å². The first-order valence-corrected chi connectivity index (χ1v) is 6.63. The molecular weight excluding hydrogens is 274 g/mol. The van der Waals surface area contributed by atoms with Crippen molar-refractivity contribution in [3.05, 3.63) is 24.3 Å². The van der Waals surface area contributed by atoms with E-state index in [2.05, 4.69) is 5.32 Å². The van der Waals surface area contributed by atoms with Gasteiger partial charge in [0.1, 0.15) is 5.75 Å². The Morgan fingerprint density at radius 1 is 1.14 bits per heavy atom. The van der Waals surface area contributed by atoms with Crippen molar-refractivity contribution < 1.29 is 19.1 Å². The van der Waals surface area contributed by atoms with E-state index in [1.54, 1.807) is 34.1 Å². The maximum Gasteiger partial charge on any atom is 0.260 e. The van der Waals surface area contributed by atoms with Gasteiger partial charge in [-0.3, -0.25) is 14.4 Å². The van der Waals surface area contributed by atoms with Crippen LogP contribution >= 0.6 is 0 Å². The van der Waals surface area contributed by atoms with E-state index in [1.807, 2.05) is 0 Å². The third kappa shape index (κ3) is 4.20. The third-order valence-corrected chi connectivity index (χ3v) is 3.26. The van der Waals surface area contributed by atoms with Crippen LogP contribution in [0.3, 0.4) is 0 Å². The Hall–Kier alpha value is -2.57. The first-order valence-electron chi connectivity index (χ1n) is 6.63. The van der Waals surface area contributed by atoms with Gasteiger partial charge in [-0.1, -0.05) is 0 Å². The van der Waals surface area contributed by atoms with Crippen molar-refractivity contribution in [3.8, 4) is 5.75 Å². The molecule has 0 aromatic heterocycles. The summed E-state index contributed by atoms with van der Waals surface area (Å²) in [6.07, 6.45) is 1.39. The fraction of sp³-hybridized carbons (Fsp3) is 0.357. The van der Waals surface area contributed by atoms with E-state index in [0.29, 0.717) is 44.0 Å². The predicted octanol–water partition coefficient (Wildman–Crippen LogP) is -0.0657. The minimum atomic E-state index is -0.101. The van der Waals surface area contributed by atoms with Crippen molar-refractivity contribution in [2.75, 3.05) is 38.1 Å². The average Bonchev–Trinajstić information content (AvgIpc) is 2.54. The molecule has 112 valence electrons. The molecule has 1 aromatic rings. The molecule has 1 fully saturated rings. The minimum absolute atomic E-state index is 0.0401. The number of anilines is 1. The highest BCUT2D eigenvalue weighted by Crippen LogP contribution is 2.15. The molecule has 1 heterocycles. The zero-order valence-electron chi connectivity index (χ0n) is 11.5. The zero-order chi connectivity index (χ0) is 15.1. The molecule has 1 saturated heterocycles. The SMILES string of the molecule is O=CNc1ccc(OCC(=O)N2CCN(C=O)CC2)cc1. The molecule has 0 saturated carbocycles. The van der Waals surface area contributed by atoms with Crippen molar-refractivity contribution in [1.29, 1.82) is 0 Å². The van der Waals surface area contributed by atoms with Crippen LogP contribution in [-0.2, 0) is 14.4 Å². The first-order chi connectivity index (χ1) is 10.2. The summed E-state index contributed by atoms with van der Waals surface area (Å²) in [5.41, 5.74) is 0.661. The van der Waals surface area contributed by atoms with E-state index < -0.39 is 0 Å². The Kier molecular flexibility index (Phi) is 5.14. The van der Waals surface area contributed by atoms with Crippen molar-refractivity contribution in [2.45, 2.75) is 0 Å². The molecule has 7 nitrogen and oxygen atoms in total. The number of nitrogens with zero attached hydrogens (tertiary/aromatic N) is 2. The molecule has 0 unspecified atom stereocenters. The lowest BCUT2D eigenvalue weighted by Crippen LogP contribution is -2.49. The van der Waals surface area contributed by atoms with Crippen molar-refractivity contribution >= 4 is 24.4 Å². The van der Waals surface area contributed by atoms with Gasteiger partial charge in [0.2, 0.25) is 12.8 Å². The summed E-state index contributed by atoms with van der Waals surface area (Å²) in [4.78, 5) is 36.2. The molecule has 0 atom stereocenters. The van der Waals surface area contributed by atoms with E-state index in [9.17, 15) is 14.4 Å². The molecule has 7 heteroatoms. The molecule has 1 N–H and O–H groups in total. The Balaban J connectivity index is 1.78. The highest BCUT2D eigenvalue weighted by molar-refractivity contribution is 5.78. The van der Waals surface area contributed by atoms with Crippen molar-refractivity contribution in [2.24, 2.45) is 0 Å². The van der Waals surface area contributed by atoms with Crippen LogP contribution in [0.4, 0.5) is 5.69 Å². The Labute approximate surface area is 122 Å². The summed E-state index contributed by atoms with van der Waals surface area (Å²) in [6.45, 7) is 2.14. The second-order valence-electron chi connectivity index (χ2n) is 4.60. The number of ether oxygens (including phenoxy) is 1. The zero-order valence-corrected chi connectivity index (χ0v) is 11.5. The smallest absolute Gasteiger partial charge is 0.260 e. The Bertz CT molecular complexity index is 495. The molecule has 1 aliphatic heterocycles. The number of benzene rings is 1. The van der Waals surface area contributed by atoms with Crippen LogP contribution in [-0.4, -0.2) is 61.3 Å². The summed E-state index contributed by atoms with van der Waals surface area (Å²) < 4.78 is 5.42. The Morgan fingerprint density at radius 2 is 1.81 bits per heavy atom. The summed E-state index contributed by atoms with van der Waals surface area (Å²) in [6, 6.07) is 6.75. The van der Waals surface area contributed by atoms with Gasteiger partial charge < -0.3 is 19.9 Å². The van der Waals surface area contributed by atoms with Crippen LogP contribution in [0.1, 0.15) is 0 Å². The Morgan fingerprint density at radius 3 is 2.38 bits per heavy atom. The standard InChI is InChI=1S/C14H17N3O4/c18-10-15-12-1-3-13(4-2-12)21-9-14(20)17-7-5-16(11-19)6-8-17/h1-4,10-11H,5-9H2,(H,15,18). The van der Waals surface area contributed by atoms with Gasteiger partial charge in [0.25, 0.3) is 5.91 Å². The van der Waals surface area contributed by atoms with Crippen LogP contribution in [0.5, 0.6) is 5.75 Å². The maximum absolute atomic E-state index is 12.0. The number of rotatable bonds is 6. The van der Waals surface area contributed by atoms with Gasteiger partial charge in [-0.15, -0.1) is 0 Å². The van der Waals surface area contributed by atoms with E-state index >= 15 is 0 Å². The maximum atomic E-state index is 12.0. The highest BCUT2D eigenvalue weighted by Gasteiger charge is 2.20. The second kappa shape index (κ2) is 7.28. The van der Waals surface area contributed by atoms with E-state index in [1.165, 1.54) is 0 Å². The number of amides is 3. The van der Waals surface area contributed by atoms with E-state index in [4.69, 9.17) is 4.74 Å². The van der Waals surface area contributed by atoms with E-state index in [0.717, 1.165) is 6.41 Å². The molecule has 0 bridgehead atoms. The van der Waals surface area contributed by atoms with Gasteiger partial charge in [-0.05, 0) is 24.3 Å². The van der Waals surface area contributed by atoms with Crippen LogP contribution < -0.4 is 10.1 Å². The summed E-state index contributed by atoms with van der Waals surface area (Å²) >= 11 is 0. The average molecular weight is 291 g/mol. The lowest BCUT2D eigenvalue weighted by molar-refractivity contribution is -0.137. The predicted molar refractivity (Wildman–Crippen MR) is 75.8 cm³/mol. The van der Waals surface area contributed by atoms with Crippen LogP contribution in [0.15, 0.2) is 24.3 Å². The fourth-order valence-corrected chi connectivity index (χ4v) is 2.03. The van der Waals surface area contributed by atoms with Gasteiger partial charge in [-0.2, -0.15) is 0 Å². The van der Waals surface area contributed by atoms with Gasteiger partial charge in [0.05, 0.1) is 0 Å². The van der Waals surface area contributed by atoms with Gasteiger partial charge in [-0.25, -0.2) is 0 Å². The number of nitrogens with one attached hydrogen (secondary N) is 1. The van der Waals surface area contributed by atoms with Gasteiger partial charge in [0, 0.05) is 31.9 Å². The van der Waals surface area contributed by atoms with Crippen LogP contribution in [0, 0.1) is 0 Å². The number of hydrogen-bond acceptors (Lipinski definition) is 4. The molecule has 0 aliphatic carbocycles. The highest BCUT2D eigenvalue weighted by atomic mass is 16.5. The topological polar surface area (TPSA) is 79.0 Å². The fourth-order valence-electron chi connectivity index (χ4n) is 2.03. The number of carbonyl (C=O) groups is 3. The lowest BCUT2D eigenvalue weighted by Gasteiger charge is -2.32. The van der Waals surface area contributed by atoms with Crippen molar-refractivity contribution in [1.82, 2.24) is 9.80 Å². The quantitative estimate of drug-likeness (QED) is 0.744. The molecule has 0 radical (unpaired) electrons. The summed E-state index contributed by atoms with van der Waals surface area (Å²) in [5, 5.41) is 2.52. The minimum Gasteiger partial charge on any atom is -0.484 e. The molecule has 21 heavy (non-hydrogen) atoms. The monoisotopic (exact) mass is 291 g/mol. The van der Waals surface area contributed by atoms with Crippen LogP contribution in [0.2, 0.25) is 0 Å². The number of piperazine rings is 1. The van der Waals surface area contributed by atoms with Gasteiger partial charge in [0.15, 0.2) is 6.61 Å². The molecule has 0 spiro atoms. The molecule has 3 amide bonds. The summed E-state index contributed by atoms with van der Waals surface area (Å²) in [5.74, 6) is 0.460. The molecule has 2 rings (SSSR count). The van der Waals surface area contributed by atoms with Crippen molar-refractivity contribution in [3.63, 3.8) is 0 Å². The molecular formula is C14H17N3O4. The third-order valence-electron chi connectivity index (χ3n) is 3.26. The molecule has 1 aromatic carbocycles. The van der Waals surface area contributed by atoms with Crippen LogP contribution in [0.25, 0.3) is 0 Å². The number of hydrogen-bond donors (Lipinski definition) is 1. The number of carbonyl (C=O) groups excluding carboxylic acids is 3. The normalized spacial score (nSPS) is 14.5. The van der Waals surface area contributed by atoms with Gasteiger partial charge >= 0.3 is 0 Å². The summed E-state index contributed by atoms with van der Waals surface area (Å²) in [7, 11) is 0. The molecule has 1 aliphatic rings. The lowest BCUT2D eigenvalue weighted by atomic mass is 10.3. The first kappa shape index (κ1) is 14.8. The largest absolute Gasteiger partial charge is 0.484 e.